The maximum absolute atomic E-state index is 13.2. The standard InChI is InChI=1S/C30H26ClNO3/c1-30(2)18-26-24(27(33)19-30)17-25(32(26)23-15-13-22(31)14-16-23)28(20-9-5-3-6-10-20)35-29(34)21-11-7-4-8-12-21/h3-17,28H,18-19H2,1-2H3. The van der Waals surface area contributed by atoms with Crippen LogP contribution in [0.3, 0.4) is 0 Å². The molecule has 176 valence electrons. The lowest BCUT2D eigenvalue weighted by Gasteiger charge is -2.30. The second kappa shape index (κ2) is 9.20. The molecule has 0 bridgehead atoms. The van der Waals surface area contributed by atoms with E-state index in [1.54, 1.807) is 12.1 Å². The molecule has 1 atom stereocenters. The summed E-state index contributed by atoms with van der Waals surface area (Å²) >= 11 is 6.19. The van der Waals surface area contributed by atoms with Crippen LogP contribution >= 0.6 is 11.6 Å². The van der Waals surface area contributed by atoms with E-state index in [0.29, 0.717) is 22.6 Å². The summed E-state index contributed by atoms with van der Waals surface area (Å²) in [4.78, 5) is 26.4. The highest BCUT2D eigenvalue weighted by atomic mass is 35.5. The number of fused-ring (bicyclic) bond motifs is 1. The number of ketones is 1. The van der Waals surface area contributed by atoms with Crippen LogP contribution in [-0.2, 0) is 11.2 Å². The second-order valence-electron chi connectivity index (χ2n) is 9.74. The van der Waals surface area contributed by atoms with Gasteiger partial charge in [0.1, 0.15) is 0 Å². The van der Waals surface area contributed by atoms with Gasteiger partial charge in [0, 0.05) is 28.4 Å². The molecule has 1 unspecified atom stereocenters. The number of hydrogen-bond acceptors (Lipinski definition) is 3. The van der Waals surface area contributed by atoms with E-state index in [1.165, 1.54) is 0 Å². The number of carbonyl (C=O) groups is 2. The van der Waals surface area contributed by atoms with E-state index in [-0.39, 0.29) is 11.2 Å². The van der Waals surface area contributed by atoms with Gasteiger partial charge in [-0.1, -0.05) is 74.0 Å². The Labute approximate surface area is 210 Å². The fourth-order valence-electron chi connectivity index (χ4n) is 4.80. The summed E-state index contributed by atoms with van der Waals surface area (Å²) in [6, 6.07) is 28.0. The molecule has 0 saturated heterocycles. The molecule has 1 aliphatic carbocycles. The van der Waals surface area contributed by atoms with Gasteiger partial charge in [-0.25, -0.2) is 4.79 Å². The van der Waals surface area contributed by atoms with Gasteiger partial charge in [0.15, 0.2) is 11.9 Å². The van der Waals surface area contributed by atoms with Crippen molar-refractivity contribution < 1.29 is 14.3 Å². The number of rotatable bonds is 5. The molecule has 0 N–H and O–H groups in total. The van der Waals surface area contributed by atoms with Crippen molar-refractivity contribution in [3.8, 4) is 5.69 Å². The van der Waals surface area contributed by atoms with Crippen LogP contribution < -0.4 is 0 Å². The highest BCUT2D eigenvalue weighted by Gasteiger charge is 2.37. The Balaban J connectivity index is 1.71. The molecule has 0 radical (unpaired) electrons. The van der Waals surface area contributed by atoms with Gasteiger partial charge in [-0.05, 0) is 59.9 Å². The van der Waals surface area contributed by atoms with E-state index >= 15 is 0 Å². The summed E-state index contributed by atoms with van der Waals surface area (Å²) in [7, 11) is 0. The van der Waals surface area contributed by atoms with Crippen molar-refractivity contribution in [3.63, 3.8) is 0 Å². The molecule has 0 spiro atoms. The molecule has 4 aromatic rings. The molecule has 0 saturated carbocycles. The van der Waals surface area contributed by atoms with Crippen LogP contribution in [0.4, 0.5) is 0 Å². The number of aromatic nitrogens is 1. The molecule has 1 aromatic heterocycles. The maximum Gasteiger partial charge on any atom is 0.339 e. The zero-order valence-corrected chi connectivity index (χ0v) is 20.5. The Morgan fingerprint density at radius 3 is 2.20 bits per heavy atom. The molecular formula is C30H26ClNO3. The monoisotopic (exact) mass is 483 g/mol. The summed E-state index contributed by atoms with van der Waals surface area (Å²) in [6.45, 7) is 4.22. The SMILES string of the molecule is CC1(C)CC(=O)c2cc(C(OC(=O)c3ccccc3)c3ccccc3)n(-c3ccc(Cl)cc3)c2C1. The molecule has 4 nitrogen and oxygen atoms in total. The first-order valence-electron chi connectivity index (χ1n) is 11.7. The van der Waals surface area contributed by atoms with Crippen LogP contribution in [0.1, 0.15) is 64.0 Å². The summed E-state index contributed by atoms with van der Waals surface area (Å²) < 4.78 is 8.23. The Kier molecular flexibility index (Phi) is 6.08. The maximum atomic E-state index is 13.2. The fraction of sp³-hybridized carbons (Fsp3) is 0.200. The first-order chi connectivity index (χ1) is 16.8. The van der Waals surface area contributed by atoms with E-state index in [0.717, 1.165) is 29.1 Å². The van der Waals surface area contributed by atoms with Gasteiger partial charge in [0.25, 0.3) is 0 Å². The molecule has 1 aliphatic rings. The van der Waals surface area contributed by atoms with Gasteiger partial charge in [0.2, 0.25) is 0 Å². The number of carbonyl (C=O) groups excluding carboxylic acids is 2. The third-order valence-electron chi connectivity index (χ3n) is 6.41. The Bertz CT molecular complexity index is 1370. The smallest absolute Gasteiger partial charge is 0.339 e. The summed E-state index contributed by atoms with van der Waals surface area (Å²) in [5.74, 6) is -0.320. The van der Waals surface area contributed by atoms with Gasteiger partial charge in [-0.3, -0.25) is 4.79 Å². The van der Waals surface area contributed by atoms with Crippen molar-refractivity contribution in [1.29, 1.82) is 0 Å². The number of ether oxygens (including phenoxy) is 1. The summed E-state index contributed by atoms with van der Waals surface area (Å²) in [5, 5.41) is 0.628. The average molecular weight is 484 g/mol. The number of nitrogens with zero attached hydrogens (tertiary/aromatic N) is 1. The lowest BCUT2D eigenvalue weighted by atomic mass is 9.76. The highest BCUT2D eigenvalue weighted by Crippen LogP contribution is 2.41. The number of hydrogen-bond donors (Lipinski definition) is 0. The zero-order valence-electron chi connectivity index (χ0n) is 19.7. The van der Waals surface area contributed by atoms with Crippen LogP contribution in [0.2, 0.25) is 5.02 Å². The first-order valence-corrected chi connectivity index (χ1v) is 12.0. The van der Waals surface area contributed by atoms with Crippen LogP contribution in [0.15, 0.2) is 91.0 Å². The van der Waals surface area contributed by atoms with E-state index in [4.69, 9.17) is 16.3 Å². The number of benzene rings is 3. The summed E-state index contributed by atoms with van der Waals surface area (Å²) in [6.07, 6.45) is 0.496. The highest BCUT2D eigenvalue weighted by molar-refractivity contribution is 6.30. The van der Waals surface area contributed by atoms with Crippen LogP contribution in [-0.4, -0.2) is 16.3 Å². The normalized spacial score (nSPS) is 15.3. The molecule has 3 aromatic carbocycles. The van der Waals surface area contributed by atoms with Crippen molar-refractivity contribution in [3.05, 3.63) is 124 Å². The molecule has 0 aliphatic heterocycles. The van der Waals surface area contributed by atoms with Gasteiger partial charge in [0.05, 0.1) is 11.3 Å². The van der Waals surface area contributed by atoms with Gasteiger partial charge in [-0.15, -0.1) is 0 Å². The molecule has 0 fully saturated rings. The van der Waals surface area contributed by atoms with Gasteiger partial charge >= 0.3 is 5.97 Å². The number of esters is 1. The van der Waals surface area contributed by atoms with Crippen LogP contribution in [0, 0.1) is 5.41 Å². The predicted molar refractivity (Wildman–Crippen MR) is 137 cm³/mol. The van der Waals surface area contributed by atoms with Gasteiger partial charge in [-0.2, -0.15) is 0 Å². The van der Waals surface area contributed by atoms with Crippen molar-refractivity contribution in [2.75, 3.05) is 0 Å². The van der Waals surface area contributed by atoms with Crippen LogP contribution in [0.5, 0.6) is 0 Å². The van der Waals surface area contributed by atoms with Gasteiger partial charge < -0.3 is 9.30 Å². The third-order valence-corrected chi connectivity index (χ3v) is 6.66. The molecule has 1 heterocycles. The third kappa shape index (κ3) is 4.67. The Hall–Kier alpha value is -3.63. The molecule has 35 heavy (non-hydrogen) atoms. The van der Waals surface area contributed by atoms with E-state index in [9.17, 15) is 9.59 Å². The molecular weight excluding hydrogens is 458 g/mol. The quantitative estimate of drug-likeness (QED) is 0.281. The minimum Gasteiger partial charge on any atom is -0.447 e. The predicted octanol–water partition coefficient (Wildman–Crippen LogP) is 7.23. The van der Waals surface area contributed by atoms with Crippen molar-refractivity contribution in [1.82, 2.24) is 4.57 Å². The van der Waals surface area contributed by atoms with Crippen molar-refractivity contribution in [2.45, 2.75) is 32.8 Å². The molecule has 5 rings (SSSR count). The number of Topliss-reactive ketones (excluding diaryl/α,β-unsaturated/α-hetero) is 1. The Morgan fingerprint density at radius 1 is 0.914 bits per heavy atom. The van der Waals surface area contributed by atoms with Crippen molar-refractivity contribution >= 4 is 23.4 Å². The van der Waals surface area contributed by atoms with E-state index < -0.39 is 12.1 Å². The Morgan fingerprint density at radius 2 is 1.54 bits per heavy atom. The van der Waals surface area contributed by atoms with E-state index in [1.807, 2.05) is 78.9 Å². The van der Waals surface area contributed by atoms with Crippen molar-refractivity contribution in [2.24, 2.45) is 5.41 Å². The average Bonchev–Trinajstić information content (AvgIpc) is 3.22. The van der Waals surface area contributed by atoms with E-state index in [2.05, 4.69) is 18.4 Å². The first kappa shape index (κ1) is 23.1. The molecule has 5 heteroatoms. The topological polar surface area (TPSA) is 48.3 Å². The second-order valence-corrected chi connectivity index (χ2v) is 10.2. The summed E-state index contributed by atoms with van der Waals surface area (Å²) in [5.41, 5.74) is 4.35. The molecule has 0 amide bonds. The largest absolute Gasteiger partial charge is 0.447 e. The zero-order chi connectivity index (χ0) is 24.6. The minimum atomic E-state index is -0.707. The minimum absolute atomic E-state index is 0.103. The lowest BCUT2D eigenvalue weighted by molar-refractivity contribution is 0.0367. The number of halogens is 1. The van der Waals surface area contributed by atoms with Crippen LogP contribution in [0.25, 0.3) is 5.69 Å². The lowest BCUT2D eigenvalue weighted by Crippen LogP contribution is -2.28. The fourth-order valence-corrected chi connectivity index (χ4v) is 4.92.